The number of nitriles is 1. The maximum absolute atomic E-state index is 12.1. The summed E-state index contributed by atoms with van der Waals surface area (Å²) in [6, 6.07) is 5.84. The standard InChI is InChI=1S/C15H16N6OS.C2HF3O2/c1-10-5-6-12(20-19-10)21-9-2-4-11-13(21)18-15(23-11)14(22)17-8-3-7-16;3-2(4,5)1(6)7/h5-6H,2-4,8-9H2,1H3,(H,17,22);(H,6,7). The molecule has 160 valence electrons. The van der Waals surface area contributed by atoms with E-state index in [0.717, 1.165) is 41.6 Å². The van der Waals surface area contributed by atoms with Gasteiger partial charge in [-0.2, -0.15) is 23.5 Å². The minimum absolute atomic E-state index is 0.227. The van der Waals surface area contributed by atoms with Gasteiger partial charge in [0.1, 0.15) is 5.82 Å². The number of fused-ring (bicyclic) bond motifs is 1. The second-order valence-corrected chi connectivity index (χ2v) is 7.10. The van der Waals surface area contributed by atoms with E-state index in [0.29, 0.717) is 18.0 Å². The average Bonchev–Trinajstić information content (AvgIpc) is 3.13. The summed E-state index contributed by atoms with van der Waals surface area (Å²) in [4.78, 5) is 28.6. The normalized spacial score (nSPS) is 12.8. The van der Waals surface area contributed by atoms with Crippen LogP contribution in [0.3, 0.4) is 0 Å². The molecule has 0 atom stereocenters. The number of aryl methyl sites for hydroxylation is 2. The fraction of sp³-hybridized carbons (Fsp3) is 0.412. The molecule has 3 heterocycles. The zero-order chi connectivity index (χ0) is 22.3. The Kier molecular flexibility index (Phi) is 7.65. The van der Waals surface area contributed by atoms with Gasteiger partial charge < -0.3 is 15.3 Å². The molecule has 0 spiro atoms. The number of carboxylic acids is 1. The molecule has 2 aromatic heterocycles. The first-order valence-electron chi connectivity index (χ1n) is 8.66. The number of aliphatic carboxylic acids is 1. The lowest BCUT2D eigenvalue weighted by atomic mass is 10.2. The number of rotatable bonds is 4. The average molecular weight is 442 g/mol. The monoisotopic (exact) mass is 442 g/mol. The van der Waals surface area contributed by atoms with Crippen LogP contribution in [-0.4, -0.2) is 51.4 Å². The first-order chi connectivity index (χ1) is 14.1. The fourth-order valence-electron chi connectivity index (χ4n) is 2.38. The highest BCUT2D eigenvalue weighted by atomic mass is 32.1. The lowest BCUT2D eigenvalue weighted by molar-refractivity contribution is -0.192. The number of halogens is 3. The summed E-state index contributed by atoms with van der Waals surface area (Å²) in [5.41, 5.74) is 0.863. The molecule has 30 heavy (non-hydrogen) atoms. The molecule has 1 aliphatic heterocycles. The Balaban J connectivity index is 0.000000396. The second-order valence-electron chi connectivity index (χ2n) is 6.02. The first-order valence-corrected chi connectivity index (χ1v) is 9.48. The van der Waals surface area contributed by atoms with Crippen molar-refractivity contribution in [2.75, 3.05) is 18.0 Å². The highest BCUT2D eigenvalue weighted by molar-refractivity contribution is 7.14. The van der Waals surface area contributed by atoms with Crippen molar-refractivity contribution in [3.05, 3.63) is 27.7 Å². The number of carbonyl (C=O) groups is 2. The zero-order valence-corrected chi connectivity index (χ0v) is 16.5. The summed E-state index contributed by atoms with van der Waals surface area (Å²) in [7, 11) is 0. The first kappa shape index (κ1) is 23.0. The van der Waals surface area contributed by atoms with Crippen molar-refractivity contribution < 1.29 is 27.9 Å². The SMILES string of the molecule is Cc1ccc(N2CCCc3sc(C(=O)NCCC#N)nc32)nn1.O=C(O)C(F)(F)F. The van der Waals surface area contributed by atoms with Crippen LogP contribution in [0.5, 0.6) is 0 Å². The number of hydrogen-bond acceptors (Lipinski definition) is 8. The predicted octanol–water partition coefficient (Wildman–Crippen LogP) is 2.60. The van der Waals surface area contributed by atoms with E-state index in [1.807, 2.05) is 30.0 Å². The van der Waals surface area contributed by atoms with E-state index in [1.54, 1.807) is 0 Å². The van der Waals surface area contributed by atoms with E-state index in [-0.39, 0.29) is 5.91 Å². The molecule has 0 aliphatic carbocycles. The van der Waals surface area contributed by atoms with Crippen LogP contribution in [0.25, 0.3) is 0 Å². The maximum Gasteiger partial charge on any atom is 0.490 e. The Hall–Kier alpha value is -3.27. The number of anilines is 2. The van der Waals surface area contributed by atoms with Crippen LogP contribution in [0.1, 0.15) is 33.2 Å². The smallest absolute Gasteiger partial charge is 0.475 e. The largest absolute Gasteiger partial charge is 0.490 e. The lowest BCUT2D eigenvalue weighted by Gasteiger charge is -2.25. The summed E-state index contributed by atoms with van der Waals surface area (Å²) in [6.07, 6.45) is -2.89. The van der Waals surface area contributed by atoms with Gasteiger partial charge in [-0.1, -0.05) is 0 Å². The van der Waals surface area contributed by atoms with E-state index in [4.69, 9.17) is 15.2 Å². The lowest BCUT2D eigenvalue weighted by Crippen LogP contribution is -2.26. The highest BCUT2D eigenvalue weighted by Crippen LogP contribution is 2.35. The van der Waals surface area contributed by atoms with Gasteiger partial charge in [0.05, 0.1) is 18.2 Å². The number of nitrogens with one attached hydrogen (secondary N) is 1. The molecule has 2 N–H and O–H groups in total. The van der Waals surface area contributed by atoms with Gasteiger partial charge in [-0.15, -0.1) is 16.4 Å². The summed E-state index contributed by atoms with van der Waals surface area (Å²) in [5, 5.41) is 27.1. The quantitative estimate of drug-likeness (QED) is 0.691. The van der Waals surface area contributed by atoms with Crippen LogP contribution in [0.4, 0.5) is 24.8 Å². The number of amides is 1. The van der Waals surface area contributed by atoms with Gasteiger partial charge in [0.25, 0.3) is 5.91 Å². The number of carbonyl (C=O) groups excluding carboxylic acids is 1. The molecule has 0 aromatic carbocycles. The molecule has 0 unspecified atom stereocenters. The van der Waals surface area contributed by atoms with Gasteiger partial charge in [-0.3, -0.25) is 4.79 Å². The second kappa shape index (κ2) is 9.97. The third-order valence-electron chi connectivity index (χ3n) is 3.74. The Morgan fingerprint density at radius 2 is 2.07 bits per heavy atom. The van der Waals surface area contributed by atoms with Gasteiger partial charge >= 0.3 is 12.1 Å². The summed E-state index contributed by atoms with van der Waals surface area (Å²) in [5.74, 6) is -1.44. The minimum Gasteiger partial charge on any atom is -0.475 e. The zero-order valence-electron chi connectivity index (χ0n) is 15.7. The molecule has 0 saturated heterocycles. The highest BCUT2D eigenvalue weighted by Gasteiger charge is 2.38. The van der Waals surface area contributed by atoms with Crippen LogP contribution in [0, 0.1) is 18.3 Å². The van der Waals surface area contributed by atoms with Gasteiger partial charge in [-0.05, 0) is 31.9 Å². The molecule has 0 radical (unpaired) electrons. The van der Waals surface area contributed by atoms with Crippen LogP contribution in [0.2, 0.25) is 0 Å². The molecular weight excluding hydrogens is 425 g/mol. The molecule has 0 fully saturated rings. The van der Waals surface area contributed by atoms with E-state index < -0.39 is 12.1 Å². The third-order valence-corrected chi connectivity index (χ3v) is 4.84. The molecule has 0 saturated carbocycles. The van der Waals surface area contributed by atoms with Gasteiger partial charge in [0.15, 0.2) is 10.8 Å². The molecule has 1 aliphatic rings. The number of hydrogen-bond donors (Lipinski definition) is 2. The fourth-order valence-corrected chi connectivity index (χ4v) is 3.41. The van der Waals surface area contributed by atoms with Gasteiger partial charge in [0, 0.05) is 18.0 Å². The topological polar surface area (TPSA) is 132 Å². The number of aromatic nitrogens is 3. The Morgan fingerprint density at radius 3 is 2.63 bits per heavy atom. The van der Waals surface area contributed by atoms with Crippen LogP contribution in [0.15, 0.2) is 12.1 Å². The molecule has 13 heteroatoms. The van der Waals surface area contributed by atoms with E-state index >= 15 is 0 Å². The molecule has 1 amide bonds. The van der Waals surface area contributed by atoms with Crippen molar-refractivity contribution in [3.63, 3.8) is 0 Å². The maximum atomic E-state index is 12.1. The molecule has 9 nitrogen and oxygen atoms in total. The number of alkyl halides is 3. The van der Waals surface area contributed by atoms with Crippen molar-refractivity contribution in [1.29, 1.82) is 5.26 Å². The third kappa shape index (κ3) is 6.11. The van der Waals surface area contributed by atoms with E-state index in [1.165, 1.54) is 11.3 Å². The minimum atomic E-state index is -5.08. The predicted molar refractivity (Wildman–Crippen MR) is 100 cm³/mol. The molecule has 3 rings (SSSR count). The summed E-state index contributed by atoms with van der Waals surface area (Å²) >= 11 is 1.41. The van der Waals surface area contributed by atoms with Crippen LogP contribution in [-0.2, 0) is 11.2 Å². The molecule has 2 aromatic rings. The van der Waals surface area contributed by atoms with E-state index in [2.05, 4.69) is 20.5 Å². The van der Waals surface area contributed by atoms with Crippen LogP contribution < -0.4 is 10.2 Å². The van der Waals surface area contributed by atoms with Gasteiger partial charge in [0.2, 0.25) is 0 Å². The van der Waals surface area contributed by atoms with Crippen molar-refractivity contribution in [1.82, 2.24) is 20.5 Å². The van der Waals surface area contributed by atoms with Crippen molar-refractivity contribution in [3.8, 4) is 6.07 Å². The van der Waals surface area contributed by atoms with Crippen molar-refractivity contribution in [2.45, 2.75) is 32.4 Å². The molecule has 0 bridgehead atoms. The van der Waals surface area contributed by atoms with Crippen LogP contribution >= 0.6 is 11.3 Å². The Bertz CT molecular complexity index is 940. The van der Waals surface area contributed by atoms with Crippen molar-refractivity contribution in [2.24, 2.45) is 0 Å². The van der Waals surface area contributed by atoms with Crippen molar-refractivity contribution >= 4 is 34.8 Å². The number of thiazole rings is 1. The Labute approximate surface area is 173 Å². The van der Waals surface area contributed by atoms with Gasteiger partial charge in [-0.25, -0.2) is 9.78 Å². The summed E-state index contributed by atoms with van der Waals surface area (Å²) in [6.45, 7) is 3.04. The summed E-state index contributed by atoms with van der Waals surface area (Å²) < 4.78 is 31.7. The Morgan fingerprint density at radius 1 is 1.37 bits per heavy atom. The number of nitrogens with zero attached hydrogens (tertiary/aromatic N) is 5. The number of carboxylic acid groups (broad SMARTS) is 1. The van der Waals surface area contributed by atoms with E-state index in [9.17, 15) is 18.0 Å². The molecular formula is C17H17F3N6O3S.